The minimum atomic E-state index is -1.61. The van der Waals surface area contributed by atoms with Crippen molar-refractivity contribution < 1.29 is 49.2 Å². The molecular weight excluding hydrogens is 895 g/mol. The zero-order valence-electron chi connectivity index (χ0n) is 41.6. The molecule has 4 aromatic carbocycles. The number of hydrogen-bond acceptors (Lipinski definition) is 12. The zero-order chi connectivity index (χ0) is 51.6. The number of carboxylic acid groups (broad SMARTS) is 1. The fourth-order valence-corrected chi connectivity index (χ4v) is 7.06. The topological polar surface area (TPSA) is 294 Å². The number of carbonyl (C=O) groups is 6. The highest BCUT2D eigenvalue weighted by Gasteiger charge is 2.40. The zero-order valence-corrected chi connectivity index (χ0v) is 41.6. The van der Waals surface area contributed by atoms with E-state index >= 15 is 0 Å². The molecule has 0 fully saturated rings. The summed E-state index contributed by atoms with van der Waals surface area (Å²) in [6.07, 6.45) is -3.99. The Hall–Kier alpha value is -6.22. The molecule has 7 atom stereocenters. The Morgan fingerprint density at radius 2 is 1.03 bits per heavy atom. The number of amides is 5. The highest BCUT2D eigenvalue weighted by molar-refractivity contribution is 5.95. The minimum Gasteiger partial charge on any atom is -0.480 e. The molecule has 70 heavy (non-hydrogen) atoms. The molecule has 4 unspecified atom stereocenters. The molecule has 4 aromatic rings. The summed E-state index contributed by atoms with van der Waals surface area (Å²) in [5, 5.41) is 64.2. The van der Waals surface area contributed by atoms with E-state index in [0.717, 1.165) is 16.3 Å². The first-order valence-electron chi connectivity index (χ1n) is 22.8. The first-order chi connectivity index (χ1) is 32.0. The Bertz CT molecular complexity index is 2450. The molecule has 19 heteroatoms. The van der Waals surface area contributed by atoms with Crippen LogP contribution in [0.1, 0.15) is 97.6 Å². The number of aliphatic hydroxyl groups is 3. The molecule has 3 radical (unpaired) electrons. The number of fused-ring (bicyclic) bond motifs is 1. The molecule has 0 spiro atoms. The number of nitrogens with two attached hydrogens (primary N) is 1. The van der Waals surface area contributed by atoms with Crippen LogP contribution in [-0.2, 0) is 41.6 Å². The Morgan fingerprint density at radius 3 is 1.60 bits per heavy atom. The largest absolute Gasteiger partial charge is 0.480 e. The van der Waals surface area contributed by atoms with Gasteiger partial charge in [0.05, 0.1) is 28.7 Å². The molecule has 0 aliphatic rings. The van der Waals surface area contributed by atoms with E-state index in [0.29, 0.717) is 16.7 Å². The van der Waals surface area contributed by atoms with Gasteiger partial charge in [-0.25, -0.2) is 0 Å². The van der Waals surface area contributed by atoms with Gasteiger partial charge in [0.2, 0.25) is 29.5 Å². The number of benzene rings is 4. The lowest BCUT2D eigenvalue weighted by Gasteiger charge is -2.38. The first-order valence-corrected chi connectivity index (χ1v) is 22.8. The number of nitrogens with one attached hydrogen (secondary N) is 7. The fraction of sp³-hybridized carbons (Fsp3) is 0.451. The van der Waals surface area contributed by atoms with E-state index in [2.05, 4.69) is 37.2 Å². The number of aliphatic carboxylic acids is 1. The van der Waals surface area contributed by atoms with E-state index in [1.165, 1.54) is 69.2 Å². The maximum absolute atomic E-state index is 14.0. The third-order valence-electron chi connectivity index (χ3n) is 11.8. The van der Waals surface area contributed by atoms with Gasteiger partial charge < -0.3 is 52.7 Å². The van der Waals surface area contributed by atoms with Gasteiger partial charge in [0, 0.05) is 14.8 Å². The molecule has 0 aromatic heterocycles. The van der Waals surface area contributed by atoms with Crippen molar-refractivity contribution in [3.8, 4) is 0 Å². The average Bonchev–Trinajstić information content (AvgIpc) is 3.27. The van der Waals surface area contributed by atoms with Crippen molar-refractivity contribution in [2.24, 2.45) is 5.73 Å². The van der Waals surface area contributed by atoms with Crippen LogP contribution in [0.4, 0.5) is 0 Å². The van der Waals surface area contributed by atoms with Crippen molar-refractivity contribution in [2.75, 3.05) is 0 Å². The van der Waals surface area contributed by atoms with Gasteiger partial charge in [0.1, 0.15) is 36.2 Å². The van der Waals surface area contributed by atoms with Crippen LogP contribution in [0.25, 0.3) is 10.8 Å². The van der Waals surface area contributed by atoms with Crippen LogP contribution in [0.15, 0.2) is 97.1 Å². The number of rotatable bonds is 23. The summed E-state index contributed by atoms with van der Waals surface area (Å²) < 4.78 is 0. The molecule has 18 nitrogen and oxygen atoms in total. The van der Waals surface area contributed by atoms with Crippen LogP contribution >= 0.6 is 0 Å². The minimum absolute atomic E-state index is 0. The van der Waals surface area contributed by atoms with Crippen molar-refractivity contribution in [3.05, 3.63) is 119 Å². The van der Waals surface area contributed by atoms with Crippen molar-refractivity contribution in [1.29, 1.82) is 0 Å². The van der Waals surface area contributed by atoms with Crippen LogP contribution < -0.4 is 43.0 Å². The first kappa shape index (κ1) is 58.1. The quantitative estimate of drug-likeness (QED) is 0.0370. The number of aliphatic hydroxyl groups excluding tert-OH is 3. The molecule has 377 valence electrons. The lowest BCUT2D eigenvalue weighted by Crippen LogP contribution is -2.67. The Labute approximate surface area is 411 Å². The Morgan fingerprint density at radius 1 is 0.543 bits per heavy atom. The van der Waals surface area contributed by atoms with E-state index in [1.807, 2.05) is 60.7 Å². The predicted octanol–water partition coefficient (Wildman–Crippen LogP) is 1.39. The summed E-state index contributed by atoms with van der Waals surface area (Å²) in [5.74, 6) is -4.63. The smallest absolute Gasteiger partial charge is 0.325 e. The van der Waals surface area contributed by atoms with Crippen molar-refractivity contribution >= 4 is 54.7 Å². The highest BCUT2D eigenvalue weighted by Crippen LogP contribution is 2.23. The van der Waals surface area contributed by atoms with Gasteiger partial charge in [0.15, 0.2) is 0 Å². The molecule has 0 saturated heterocycles. The van der Waals surface area contributed by atoms with E-state index in [9.17, 15) is 49.2 Å². The molecule has 13 N–H and O–H groups in total. The fourth-order valence-electron chi connectivity index (χ4n) is 7.06. The standard InChI is InChI=1S/C51H70N8O10.B/c1-29(53-45(67)49(5,6)59-42(63)38(55-44(66)48(3,4)52)28-32-22-23-33-16-14-15-19-36(33)26-32)40(61)57-51(9,10)47(69)56-37(41(62)58-50(7,8)46(68)54-30(2)43(64)65)27-31-20-24-35(25-21-31)39(60)34-17-12-11-13-18-34;/h11-26,29-30,37-39,45,47,53,56,60,67,69H,27-28,52H2,1-10H3,(H,54,68)(H,55,66)(H,57,61)(H,58,62)(H,59,63)(H,64,65);/t29?,30?,37?,38?,39-,45-,47-;/m1./s1. The average molecular weight is 966 g/mol. The van der Waals surface area contributed by atoms with Gasteiger partial charge in [0.25, 0.3) is 0 Å². The molecule has 5 amide bonds. The van der Waals surface area contributed by atoms with E-state index in [-0.39, 0.29) is 21.3 Å². The Balaban J connectivity index is 0.0000130. The highest BCUT2D eigenvalue weighted by atomic mass is 16.4. The SMILES string of the molecule is CC(NC(=O)C(C)(C)NC(=O)C(Cc1ccc([C@H](O)c2ccccc2)cc1)N[C@H](O)C(C)(C)NC(=O)C(C)N[C@H](O)C(C)(C)NC(=O)C(Cc1ccc2ccccc2c1)NC(=O)C(C)(C)N)C(=O)O.[B]. The second kappa shape index (κ2) is 24.1. The lowest BCUT2D eigenvalue weighted by atomic mass is 9.96. The van der Waals surface area contributed by atoms with Gasteiger partial charge in [-0.05, 0) is 109 Å². The number of carbonyl (C=O) groups excluding carboxylic acids is 5. The monoisotopic (exact) mass is 966 g/mol. The van der Waals surface area contributed by atoms with Crippen molar-refractivity contribution in [1.82, 2.24) is 37.2 Å². The summed E-state index contributed by atoms with van der Waals surface area (Å²) in [7, 11) is 0. The van der Waals surface area contributed by atoms with Gasteiger partial charge >= 0.3 is 5.97 Å². The molecular formula is C51H70BN8O10. The van der Waals surface area contributed by atoms with E-state index < -0.39 is 100 Å². The van der Waals surface area contributed by atoms with Gasteiger partial charge in [-0.15, -0.1) is 0 Å². The Kier molecular flexibility index (Phi) is 20.0. The molecule has 0 aliphatic carbocycles. The summed E-state index contributed by atoms with van der Waals surface area (Å²) in [4.78, 5) is 79.2. The maximum Gasteiger partial charge on any atom is 0.325 e. The molecule has 0 aliphatic heterocycles. The second-order valence-corrected chi connectivity index (χ2v) is 19.9. The maximum atomic E-state index is 14.0. The summed E-state index contributed by atoms with van der Waals surface area (Å²) in [6, 6.07) is 24.6. The molecule has 4 rings (SSSR count). The molecule has 0 saturated carbocycles. The third kappa shape index (κ3) is 16.2. The predicted molar refractivity (Wildman–Crippen MR) is 268 cm³/mol. The third-order valence-corrected chi connectivity index (χ3v) is 11.8. The van der Waals surface area contributed by atoms with Gasteiger partial charge in [-0.1, -0.05) is 97.1 Å². The van der Waals surface area contributed by atoms with Gasteiger partial charge in [-0.2, -0.15) is 0 Å². The van der Waals surface area contributed by atoms with Gasteiger partial charge in [-0.3, -0.25) is 39.4 Å². The summed E-state index contributed by atoms with van der Waals surface area (Å²) >= 11 is 0. The second-order valence-electron chi connectivity index (χ2n) is 19.9. The summed E-state index contributed by atoms with van der Waals surface area (Å²) in [6.45, 7) is 14.6. The van der Waals surface area contributed by atoms with Crippen molar-refractivity contribution in [3.63, 3.8) is 0 Å². The van der Waals surface area contributed by atoms with Crippen LogP contribution in [0.3, 0.4) is 0 Å². The normalized spacial score (nSPS) is 15.1. The number of hydrogen-bond donors (Lipinski definition) is 12. The molecule has 0 heterocycles. The summed E-state index contributed by atoms with van der Waals surface area (Å²) in [5.41, 5.74) is 2.89. The van der Waals surface area contributed by atoms with E-state index in [4.69, 9.17) is 5.73 Å². The van der Waals surface area contributed by atoms with Crippen LogP contribution in [0, 0.1) is 0 Å². The van der Waals surface area contributed by atoms with Crippen molar-refractivity contribution in [2.45, 2.75) is 147 Å². The van der Waals surface area contributed by atoms with Crippen LogP contribution in [0.2, 0.25) is 0 Å². The molecule has 0 bridgehead atoms. The van der Waals surface area contributed by atoms with E-state index in [1.54, 1.807) is 36.4 Å². The van der Waals surface area contributed by atoms with Crippen LogP contribution in [-0.4, -0.2) is 123 Å². The lowest BCUT2D eigenvalue weighted by molar-refractivity contribution is -0.142. The van der Waals surface area contributed by atoms with Crippen LogP contribution in [0.5, 0.6) is 0 Å². The number of carboxylic acids is 1.